The predicted octanol–water partition coefficient (Wildman–Crippen LogP) is 2.37. The molecule has 0 saturated carbocycles. The molecule has 124 valence electrons. The summed E-state index contributed by atoms with van der Waals surface area (Å²) in [6.07, 6.45) is 4.26. The number of hydrogen-bond acceptors (Lipinski definition) is 4. The van der Waals surface area contributed by atoms with Crippen LogP contribution in [-0.2, 0) is 16.0 Å². The lowest BCUT2D eigenvalue weighted by molar-refractivity contribution is -0.140. The zero-order valence-corrected chi connectivity index (χ0v) is 13.8. The highest BCUT2D eigenvalue weighted by atomic mass is 16.6. The maximum absolute atomic E-state index is 11.8. The number of alkyl carbamates (subject to hydrolysis) is 1. The van der Waals surface area contributed by atoms with Gasteiger partial charge in [0.15, 0.2) is 0 Å². The van der Waals surface area contributed by atoms with Crippen molar-refractivity contribution in [2.75, 3.05) is 0 Å². The molecule has 0 aromatic carbocycles. The Balaban J connectivity index is 2.88. The Morgan fingerprint density at radius 3 is 2.59 bits per heavy atom. The van der Waals surface area contributed by atoms with Gasteiger partial charge < -0.3 is 19.7 Å². The summed E-state index contributed by atoms with van der Waals surface area (Å²) < 4.78 is 6.90. The van der Waals surface area contributed by atoms with Crippen LogP contribution in [0.25, 0.3) is 0 Å². The predicted molar refractivity (Wildman–Crippen MR) is 81.7 cm³/mol. The number of ether oxygens (including phenoxy) is 1. The summed E-state index contributed by atoms with van der Waals surface area (Å²) in [6.45, 7) is 8.93. The first-order valence-electron chi connectivity index (χ1n) is 7.39. The van der Waals surface area contributed by atoms with E-state index >= 15 is 0 Å². The number of carboxylic acid groups (broad SMARTS) is 1. The monoisotopic (exact) mass is 311 g/mol. The molecule has 1 amide bonds. The molecule has 0 bridgehead atoms. The van der Waals surface area contributed by atoms with E-state index in [0.29, 0.717) is 0 Å². The molecule has 22 heavy (non-hydrogen) atoms. The summed E-state index contributed by atoms with van der Waals surface area (Å²) >= 11 is 0. The topological polar surface area (TPSA) is 93.5 Å². The first-order chi connectivity index (χ1) is 10.2. The lowest BCUT2D eigenvalue weighted by atomic mass is 10.1. The lowest BCUT2D eigenvalue weighted by Gasteiger charge is -2.26. The molecule has 0 aliphatic carbocycles. The van der Waals surface area contributed by atoms with Gasteiger partial charge >= 0.3 is 12.1 Å². The molecule has 1 aromatic rings. The van der Waals surface area contributed by atoms with Gasteiger partial charge in [-0.3, -0.25) is 0 Å². The largest absolute Gasteiger partial charge is 0.480 e. The molecule has 2 atom stereocenters. The van der Waals surface area contributed by atoms with Crippen LogP contribution in [0.5, 0.6) is 0 Å². The van der Waals surface area contributed by atoms with E-state index in [0.717, 1.165) is 18.7 Å². The standard InChI is InChI=1S/C15H25N3O4/c1-6-7-11-16-8-9-18(11)10(2)12(13(19)20)17-14(21)22-15(3,4)5/h8-10,12H,6-7H2,1-5H3,(H,17,21)(H,19,20). The second-order valence-electron chi connectivity index (χ2n) is 6.20. The van der Waals surface area contributed by atoms with Crippen LogP contribution in [0, 0.1) is 0 Å². The van der Waals surface area contributed by atoms with E-state index in [1.54, 1.807) is 44.7 Å². The van der Waals surface area contributed by atoms with E-state index < -0.39 is 29.7 Å². The minimum absolute atomic E-state index is 0.478. The molecule has 0 saturated heterocycles. The highest BCUT2D eigenvalue weighted by Crippen LogP contribution is 2.16. The summed E-state index contributed by atoms with van der Waals surface area (Å²) in [5.41, 5.74) is -0.682. The number of imidazole rings is 1. The summed E-state index contributed by atoms with van der Waals surface area (Å²) in [7, 11) is 0. The fraction of sp³-hybridized carbons (Fsp3) is 0.667. The van der Waals surface area contributed by atoms with E-state index in [1.165, 1.54) is 0 Å². The van der Waals surface area contributed by atoms with E-state index in [-0.39, 0.29) is 0 Å². The zero-order valence-electron chi connectivity index (χ0n) is 13.8. The Morgan fingerprint density at radius 2 is 2.09 bits per heavy atom. The van der Waals surface area contributed by atoms with Crippen molar-refractivity contribution >= 4 is 12.1 Å². The number of aromatic nitrogens is 2. The smallest absolute Gasteiger partial charge is 0.408 e. The molecule has 0 radical (unpaired) electrons. The van der Waals surface area contributed by atoms with Crippen molar-refractivity contribution in [3.05, 3.63) is 18.2 Å². The Morgan fingerprint density at radius 1 is 1.45 bits per heavy atom. The third-order valence-electron chi connectivity index (χ3n) is 3.08. The summed E-state index contributed by atoms with van der Waals surface area (Å²) in [6, 6.07) is -1.58. The number of carbonyl (C=O) groups excluding carboxylic acids is 1. The zero-order chi connectivity index (χ0) is 16.9. The van der Waals surface area contributed by atoms with Gasteiger partial charge in [-0.25, -0.2) is 14.6 Å². The van der Waals surface area contributed by atoms with Crippen LogP contribution in [0.4, 0.5) is 4.79 Å². The number of rotatable bonds is 6. The summed E-state index contributed by atoms with van der Waals surface area (Å²) in [4.78, 5) is 27.6. The number of aliphatic carboxylic acids is 1. The molecule has 1 heterocycles. The van der Waals surface area contributed by atoms with E-state index in [4.69, 9.17) is 4.74 Å². The number of nitrogens with one attached hydrogen (secondary N) is 1. The van der Waals surface area contributed by atoms with Crippen molar-refractivity contribution in [2.45, 2.75) is 65.1 Å². The lowest BCUT2D eigenvalue weighted by Crippen LogP contribution is -2.47. The third-order valence-corrected chi connectivity index (χ3v) is 3.08. The van der Waals surface area contributed by atoms with E-state index in [9.17, 15) is 14.7 Å². The normalized spacial score (nSPS) is 14.2. The van der Waals surface area contributed by atoms with Crippen molar-refractivity contribution < 1.29 is 19.4 Å². The number of amides is 1. The minimum atomic E-state index is -1.12. The molecule has 7 heteroatoms. The third kappa shape index (κ3) is 5.05. The van der Waals surface area contributed by atoms with Crippen LogP contribution < -0.4 is 5.32 Å². The van der Waals surface area contributed by atoms with Crippen LogP contribution in [-0.4, -0.2) is 38.4 Å². The molecule has 1 aromatic heterocycles. The first kappa shape index (κ1) is 18.0. The molecule has 0 aliphatic heterocycles. The molecule has 0 spiro atoms. The highest BCUT2D eigenvalue weighted by Gasteiger charge is 2.30. The fourth-order valence-corrected chi connectivity index (χ4v) is 2.12. The van der Waals surface area contributed by atoms with Crippen LogP contribution >= 0.6 is 0 Å². The maximum atomic E-state index is 11.8. The Bertz CT molecular complexity index is 519. The van der Waals surface area contributed by atoms with Crippen molar-refractivity contribution in [2.24, 2.45) is 0 Å². The number of carbonyl (C=O) groups is 2. The van der Waals surface area contributed by atoms with Gasteiger partial charge in [0.25, 0.3) is 0 Å². The van der Waals surface area contributed by atoms with E-state index in [2.05, 4.69) is 10.3 Å². The van der Waals surface area contributed by atoms with Crippen molar-refractivity contribution in [3.63, 3.8) is 0 Å². The molecule has 1 rings (SSSR count). The van der Waals surface area contributed by atoms with Gasteiger partial charge in [0.05, 0.1) is 6.04 Å². The fourth-order valence-electron chi connectivity index (χ4n) is 2.12. The average Bonchev–Trinajstić information content (AvgIpc) is 2.81. The summed E-state index contributed by atoms with van der Waals surface area (Å²) in [5.74, 6) is -0.318. The second kappa shape index (κ2) is 7.29. The number of aryl methyl sites for hydroxylation is 1. The van der Waals surface area contributed by atoms with Crippen molar-refractivity contribution in [3.8, 4) is 0 Å². The summed E-state index contributed by atoms with van der Waals surface area (Å²) in [5, 5.41) is 11.8. The quantitative estimate of drug-likeness (QED) is 0.841. The molecule has 2 N–H and O–H groups in total. The molecular formula is C15H25N3O4. The SMILES string of the molecule is CCCc1nccn1C(C)C(NC(=O)OC(C)(C)C)C(=O)O. The highest BCUT2D eigenvalue weighted by molar-refractivity contribution is 5.80. The minimum Gasteiger partial charge on any atom is -0.480 e. The van der Waals surface area contributed by atoms with Gasteiger partial charge in [-0.1, -0.05) is 6.92 Å². The van der Waals surface area contributed by atoms with Crippen LogP contribution in [0.3, 0.4) is 0 Å². The second-order valence-corrected chi connectivity index (χ2v) is 6.20. The Hall–Kier alpha value is -2.05. The molecule has 7 nitrogen and oxygen atoms in total. The van der Waals surface area contributed by atoms with Gasteiger partial charge in [-0.2, -0.15) is 0 Å². The molecule has 2 unspecified atom stereocenters. The maximum Gasteiger partial charge on any atom is 0.408 e. The van der Waals surface area contributed by atoms with Gasteiger partial charge in [0.2, 0.25) is 0 Å². The van der Waals surface area contributed by atoms with Gasteiger partial charge in [0.1, 0.15) is 17.5 Å². The number of hydrogen-bond donors (Lipinski definition) is 2. The molecule has 0 fully saturated rings. The van der Waals surface area contributed by atoms with Crippen LogP contribution in [0.15, 0.2) is 12.4 Å². The van der Waals surface area contributed by atoms with Crippen LogP contribution in [0.1, 0.15) is 52.9 Å². The van der Waals surface area contributed by atoms with Crippen LogP contribution in [0.2, 0.25) is 0 Å². The number of carboxylic acids is 1. The number of nitrogens with zero attached hydrogens (tertiary/aromatic N) is 2. The molecule has 0 aliphatic rings. The van der Waals surface area contributed by atoms with Gasteiger partial charge in [-0.15, -0.1) is 0 Å². The van der Waals surface area contributed by atoms with E-state index in [1.807, 2.05) is 6.92 Å². The van der Waals surface area contributed by atoms with Crippen molar-refractivity contribution in [1.82, 2.24) is 14.9 Å². The Labute approximate surface area is 130 Å². The molecular weight excluding hydrogens is 286 g/mol. The van der Waals surface area contributed by atoms with Crippen molar-refractivity contribution in [1.29, 1.82) is 0 Å². The average molecular weight is 311 g/mol. The van der Waals surface area contributed by atoms with Gasteiger partial charge in [-0.05, 0) is 34.1 Å². The van der Waals surface area contributed by atoms with Gasteiger partial charge in [0, 0.05) is 18.8 Å². The first-order valence-corrected chi connectivity index (χ1v) is 7.39. The Kier molecular flexibility index (Phi) is 5.96.